The van der Waals surface area contributed by atoms with Crippen molar-refractivity contribution in [2.75, 3.05) is 13.2 Å². The molecule has 4 nitrogen and oxygen atoms in total. The Labute approximate surface area is 188 Å². The van der Waals surface area contributed by atoms with Gasteiger partial charge in [0.15, 0.2) is 0 Å². The molecule has 0 unspecified atom stereocenters. The molecule has 1 saturated heterocycles. The third-order valence-corrected chi connectivity index (χ3v) is 8.79. The van der Waals surface area contributed by atoms with Gasteiger partial charge in [0, 0.05) is 0 Å². The summed E-state index contributed by atoms with van der Waals surface area (Å²) in [6.07, 6.45) is 8.67. The van der Waals surface area contributed by atoms with Crippen LogP contribution in [0.5, 0.6) is 0 Å². The van der Waals surface area contributed by atoms with Crippen LogP contribution in [-0.4, -0.2) is 56.8 Å². The molecule has 1 aromatic rings. The molecule has 2 aliphatic rings. The van der Waals surface area contributed by atoms with Crippen molar-refractivity contribution in [3.8, 4) is 0 Å². The van der Waals surface area contributed by atoms with E-state index in [0.717, 1.165) is 17.7 Å². The van der Waals surface area contributed by atoms with Crippen molar-refractivity contribution < 1.29 is 14.3 Å². The van der Waals surface area contributed by atoms with Crippen LogP contribution < -0.4 is 4.46 Å². The van der Waals surface area contributed by atoms with Crippen LogP contribution in [0.4, 0.5) is 0 Å². The Hall–Kier alpha value is -1.13. The standard InChI is InChI=1S/C25H37NO3Se/c1-5-28-24(27)12-9-16-26-23(15-17-30-20-10-7-6-8-11-20)29-22-18-19(2)13-14-21(22)25(26,3)4/h6-12,19,21-23H,5,13-18H2,1-4H3/b12-9+/t19-,21-,22-,23+/m1/s1. The summed E-state index contributed by atoms with van der Waals surface area (Å²) in [6, 6.07) is 10.8. The summed E-state index contributed by atoms with van der Waals surface area (Å²) >= 11 is 0.456. The Kier molecular flexibility index (Phi) is 8.59. The van der Waals surface area contributed by atoms with E-state index in [1.165, 1.54) is 23.7 Å². The van der Waals surface area contributed by atoms with Crippen molar-refractivity contribution in [1.29, 1.82) is 0 Å². The molecule has 1 heterocycles. The normalized spacial score (nSPS) is 28.9. The Morgan fingerprint density at radius 1 is 1.30 bits per heavy atom. The van der Waals surface area contributed by atoms with E-state index in [-0.39, 0.29) is 17.7 Å². The quantitative estimate of drug-likeness (QED) is 0.319. The first-order chi connectivity index (χ1) is 14.4. The first kappa shape index (κ1) is 23.5. The minimum absolute atomic E-state index is 0.0481. The van der Waals surface area contributed by atoms with Crippen molar-refractivity contribution in [3.05, 3.63) is 42.5 Å². The number of hydrogen-bond acceptors (Lipinski definition) is 4. The third-order valence-electron chi connectivity index (χ3n) is 6.60. The summed E-state index contributed by atoms with van der Waals surface area (Å²) in [4.78, 5) is 14.3. The Morgan fingerprint density at radius 2 is 2.07 bits per heavy atom. The van der Waals surface area contributed by atoms with Crippen molar-refractivity contribution in [3.63, 3.8) is 0 Å². The number of carbonyl (C=O) groups is 1. The van der Waals surface area contributed by atoms with Crippen molar-refractivity contribution >= 4 is 25.4 Å². The predicted molar refractivity (Wildman–Crippen MR) is 123 cm³/mol. The molecule has 166 valence electrons. The number of carbonyl (C=O) groups excluding carboxylic acids is 1. The van der Waals surface area contributed by atoms with Crippen LogP contribution in [0.15, 0.2) is 42.5 Å². The van der Waals surface area contributed by atoms with Gasteiger partial charge in [-0.3, -0.25) is 0 Å². The molecule has 1 saturated carbocycles. The van der Waals surface area contributed by atoms with Crippen LogP contribution in [0.3, 0.4) is 0 Å². The average Bonchev–Trinajstić information content (AvgIpc) is 2.71. The zero-order valence-corrected chi connectivity index (χ0v) is 20.6. The number of rotatable bonds is 8. The molecule has 0 radical (unpaired) electrons. The molecule has 2 fully saturated rings. The fourth-order valence-corrected chi connectivity index (χ4v) is 6.87. The van der Waals surface area contributed by atoms with Gasteiger partial charge in [0.1, 0.15) is 0 Å². The summed E-state index contributed by atoms with van der Waals surface area (Å²) in [7, 11) is 0. The van der Waals surface area contributed by atoms with Crippen LogP contribution in [-0.2, 0) is 14.3 Å². The monoisotopic (exact) mass is 479 g/mol. The van der Waals surface area contributed by atoms with E-state index in [1.54, 1.807) is 6.08 Å². The number of benzene rings is 1. The van der Waals surface area contributed by atoms with E-state index in [4.69, 9.17) is 9.47 Å². The fourth-order valence-electron chi connectivity index (χ4n) is 4.97. The van der Waals surface area contributed by atoms with Gasteiger partial charge in [-0.25, -0.2) is 0 Å². The first-order valence-electron chi connectivity index (χ1n) is 11.3. The van der Waals surface area contributed by atoms with Crippen molar-refractivity contribution in [1.82, 2.24) is 4.90 Å². The maximum atomic E-state index is 11.8. The summed E-state index contributed by atoms with van der Waals surface area (Å²) in [5.74, 6) is 1.02. The molecular weight excluding hydrogens is 441 g/mol. The summed E-state index contributed by atoms with van der Waals surface area (Å²) in [6.45, 7) is 10.1. The number of fused-ring (bicyclic) bond motifs is 1. The molecule has 1 aromatic carbocycles. The molecule has 5 heteroatoms. The van der Waals surface area contributed by atoms with Gasteiger partial charge >= 0.3 is 189 Å². The second-order valence-electron chi connectivity index (χ2n) is 9.06. The van der Waals surface area contributed by atoms with Gasteiger partial charge in [-0.05, 0) is 0 Å². The molecule has 1 aliphatic heterocycles. The molecule has 0 N–H and O–H groups in total. The van der Waals surface area contributed by atoms with E-state index < -0.39 is 0 Å². The third kappa shape index (κ3) is 5.97. The number of esters is 1. The van der Waals surface area contributed by atoms with Gasteiger partial charge in [0.25, 0.3) is 0 Å². The van der Waals surface area contributed by atoms with Crippen LogP contribution in [0, 0.1) is 11.8 Å². The Bertz CT molecular complexity index is 706. The van der Waals surface area contributed by atoms with Crippen LogP contribution in [0.1, 0.15) is 53.4 Å². The van der Waals surface area contributed by atoms with E-state index in [0.29, 0.717) is 40.1 Å². The summed E-state index contributed by atoms with van der Waals surface area (Å²) < 4.78 is 13.2. The molecule has 1 aliphatic carbocycles. The Balaban J connectivity index is 1.70. The van der Waals surface area contributed by atoms with E-state index in [2.05, 4.69) is 56.0 Å². The van der Waals surface area contributed by atoms with Gasteiger partial charge in [-0.1, -0.05) is 0 Å². The molecule has 0 bridgehead atoms. The molecule has 30 heavy (non-hydrogen) atoms. The average molecular weight is 479 g/mol. The topological polar surface area (TPSA) is 38.8 Å². The number of hydrogen-bond donors (Lipinski definition) is 0. The minimum atomic E-state index is -0.262. The maximum absolute atomic E-state index is 11.8. The van der Waals surface area contributed by atoms with Gasteiger partial charge in [-0.15, -0.1) is 0 Å². The molecular formula is C25H37NO3Se. The molecule has 4 atom stereocenters. The van der Waals surface area contributed by atoms with Crippen LogP contribution >= 0.6 is 0 Å². The van der Waals surface area contributed by atoms with Gasteiger partial charge < -0.3 is 0 Å². The van der Waals surface area contributed by atoms with E-state index in [1.807, 2.05) is 13.0 Å². The van der Waals surface area contributed by atoms with Crippen molar-refractivity contribution in [2.24, 2.45) is 11.8 Å². The van der Waals surface area contributed by atoms with Gasteiger partial charge in [0.05, 0.1) is 0 Å². The summed E-state index contributed by atoms with van der Waals surface area (Å²) in [5, 5.41) is 1.16. The van der Waals surface area contributed by atoms with E-state index >= 15 is 0 Å². The second-order valence-corrected chi connectivity index (χ2v) is 11.5. The zero-order valence-electron chi connectivity index (χ0n) is 18.9. The second kappa shape index (κ2) is 10.9. The van der Waals surface area contributed by atoms with Crippen molar-refractivity contribution in [2.45, 2.75) is 76.6 Å². The van der Waals surface area contributed by atoms with Crippen LogP contribution in [0.2, 0.25) is 5.32 Å². The zero-order chi connectivity index (χ0) is 21.6. The Morgan fingerprint density at radius 3 is 2.80 bits per heavy atom. The fraction of sp³-hybridized carbons (Fsp3) is 0.640. The number of ether oxygens (including phenoxy) is 2. The summed E-state index contributed by atoms with van der Waals surface area (Å²) in [5.41, 5.74) is 0.0481. The molecule has 3 rings (SSSR count). The molecule has 0 aromatic heterocycles. The van der Waals surface area contributed by atoms with E-state index in [9.17, 15) is 4.79 Å². The first-order valence-corrected chi connectivity index (χ1v) is 13.4. The van der Waals surface area contributed by atoms with Crippen LogP contribution in [0.25, 0.3) is 0 Å². The molecule has 0 amide bonds. The predicted octanol–water partition coefficient (Wildman–Crippen LogP) is 4.19. The number of nitrogens with zero attached hydrogens (tertiary/aromatic N) is 1. The molecule has 0 spiro atoms. The van der Waals surface area contributed by atoms with Gasteiger partial charge in [0.2, 0.25) is 0 Å². The van der Waals surface area contributed by atoms with Gasteiger partial charge in [-0.2, -0.15) is 0 Å². The SMILES string of the molecule is CCOC(=O)/C=C/CN1[C@H](CC[Se]c2ccccc2)O[C@@H]2C[C@H](C)CC[C@H]2C1(C)C.